The smallest absolute Gasteiger partial charge is 0.433 e. The molecule has 0 aromatic carbocycles. The number of aliphatic carboxylic acids is 1. The standard InChI is InChI=1S/C13H16N2O6/c1-2-7-14-10(16)5-3-8(13(17)18)12(14)9-4-6-11(21-9)15(19)20/h4,6,8,12H,2-3,5,7H2,1H3,(H,17,18). The quantitative estimate of drug-likeness (QED) is 0.656. The molecule has 114 valence electrons. The van der Waals surface area contributed by atoms with Crippen LogP contribution in [0.5, 0.6) is 0 Å². The van der Waals surface area contributed by atoms with Gasteiger partial charge in [0.05, 0.1) is 12.0 Å². The summed E-state index contributed by atoms with van der Waals surface area (Å²) >= 11 is 0. The third-order valence-corrected chi connectivity index (χ3v) is 3.57. The van der Waals surface area contributed by atoms with Crippen LogP contribution in [-0.2, 0) is 9.59 Å². The number of rotatable bonds is 5. The number of nitrogens with zero attached hydrogens (tertiary/aromatic N) is 2. The highest BCUT2D eigenvalue weighted by Gasteiger charge is 2.42. The Bertz CT molecular complexity index is 567. The van der Waals surface area contributed by atoms with Gasteiger partial charge in [0.2, 0.25) is 5.91 Å². The van der Waals surface area contributed by atoms with Gasteiger partial charge in [0, 0.05) is 13.0 Å². The Kier molecular flexibility index (Phi) is 4.25. The summed E-state index contributed by atoms with van der Waals surface area (Å²) in [6.07, 6.45) is 1.03. The van der Waals surface area contributed by atoms with E-state index in [4.69, 9.17) is 4.42 Å². The second-order valence-corrected chi connectivity index (χ2v) is 4.95. The number of furan rings is 1. The minimum atomic E-state index is -1.03. The van der Waals surface area contributed by atoms with Crippen molar-refractivity contribution >= 4 is 17.8 Å². The molecule has 1 fully saturated rings. The predicted molar refractivity (Wildman–Crippen MR) is 70.5 cm³/mol. The van der Waals surface area contributed by atoms with Crippen LogP contribution in [0.15, 0.2) is 16.5 Å². The van der Waals surface area contributed by atoms with E-state index in [0.717, 1.165) is 0 Å². The SMILES string of the molecule is CCCN1C(=O)CCC(C(=O)O)C1c1ccc([N+](=O)[O-])o1. The number of hydrogen-bond acceptors (Lipinski definition) is 5. The van der Waals surface area contributed by atoms with Gasteiger partial charge in [-0.3, -0.25) is 19.7 Å². The lowest BCUT2D eigenvalue weighted by Gasteiger charge is -2.38. The average Bonchev–Trinajstić information content (AvgIpc) is 2.90. The van der Waals surface area contributed by atoms with Gasteiger partial charge in [-0.2, -0.15) is 0 Å². The highest BCUT2D eigenvalue weighted by molar-refractivity contribution is 5.81. The normalized spacial score (nSPS) is 22.3. The zero-order valence-electron chi connectivity index (χ0n) is 11.5. The first-order valence-corrected chi connectivity index (χ1v) is 6.72. The molecule has 21 heavy (non-hydrogen) atoms. The van der Waals surface area contributed by atoms with Crippen molar-refractivity contribution in [1.82, 2.24) is 4.90 Å². The van der Waals surface area contributed by atoms with Crippen molar-refractivity contribution in [2.75, 3.05) is 6.54 Å². The monoisotopic (exact) mass is 296 g/mol. The van der Waals surface area contributed by atoms with Crippen molar-refractivity contribution in [3.05, 3.63) is 28.0 Å². The van der Waals surface area contributed by atoms with E-state index in [1.165, 1.54) is 17.0 Å². The van der Waals surface area contributed by atoms with Gasteiger partial charge >= 0.3 is 11.9 Å². The van der Waals surface area contributed by atoms with Crippen LogP contribution < -0.4 is 0 Å². The van der Waals surface area contributed by atoms with Crippen molar-refractivity contribution in [1.29, 1.82) is 0 Å². The lowest BCUT2D eigenvalue weighted by Crippen LogP contribution is -2.45. The maximum absolute atomic E-state index is 12.0. The summed E-state index contributed by atoms with van der Waals surface area (Å²) in [5.41, 5.74) is 0. The van der Waals surface area contributed by atoms with Gasteiger partial charge in [-0.1, -0.05) is 6.92 Å². The van der Waals surface area contributed by atoms with E-state index in [1.54, 1.807) is 0 Å². The summed E-state index contributed by atoms with van der Waals surface area (Å²) in [5.74, 6) is -2.31. The van der Waals surface area contributed by atoms with E-state index in [9.17, 15) is 24.8 Å². The molecular weight excluding hydrogens is 280 g/mol. The third-order valence-electron chi connectivity index (χ3n) is 3.57. The van der Waals surface area contributed by atoms with E-state index in [1.807, 2.05) is 6.92 Å². The zero-order valence-corrected chi connectivity index (χ0v) is 11.5. The molecule has 1 aromatic heterocycles. The molecule has 0 aliphatic carbocycles. The summed E-state index contributed by atoms with van der Waals surface area (Å²) in [5, 5.41) is 20.0. The molecule has 0 bridgehead atoms. The molecule has 1 aliphatic heterocycles. The summed E-state index contributed by atoms with van der Waals surface area (Å²) in [7, 11) is 0. The maximum Gasteiger partial charge on any atom is 0.433 e. The van der Waals surface area contributed by atoms with E-state index >= 15 is 0 Å². The lowest BCUT2D eigenvalue weighted by atomic mass is 9.87. The summed E-state index contributed by atoms with van der Waals surface area (Å²) in [6.45, 7) is 2.26. The summed E-state index contributed by atoms with van der Waals surface area (Å²) in [6, 6.07) is 1.76. The van der Waals surface area contributed by atoms with Crippen molar-refractivity contribution in [2.45, 2.75) is 32.2 Å². The Hall–Kier alpha value is -2.38. The Morgan fingerprint density at radius 2 is 2.29 bits per heavy atom. The van der Waals surface area contributed by atoms with Crippen LogP contribution >= 0.6 is 0 Å². The number of likely N-dealkylation sites (tertiary alicyclic amines) is 1. The van der Waals surface area contributed by atoms with E-state index in [-0.39, 0.29) is 24.5 Å². The number of nitro groups is 1. The first kappa shape index (κ1) is 15.0. The van der Waals surface area contributed by atoms with Gasteiger partial charge < -0.3 is 14.4 Å². The van der Waals surface area contributed by atoms with Crippen LogP contribution in [0.1, 0.15) is 38.0 Å². The molecule has 2 heterocycles. The molecule has 0 saturated carbocycles. The van der Waals surface area contributed by atoms with Crippen LogP contribution in [0.4, 0.5) is 5.88 Å². The highest BCUT2D eigenvalue weighted by Crippen LogP contribution is 2.38. The fourth-order valence-corrected chi connectivity index (χ4v) is 2.67. The van der Waals surface area contributed by atoms with Gasteiger partial charge in [-0.15, -0.1) is 0 Å². The predicted octanol–water partition coefficient (Wildman–Crippen LogP) is 1.96. The van der Waals surface area contributed by atoms with Crippen molar-refractivity contribution in [3.8, 4) is 0 Å². The van der Waals surface area contributed by atoms with Gasteiger partial charge in [0.25, 0.3) is 0 Å². The molecule has 0 radical (unpaired) electrons. The molecule has 2 atom stereocenters. The fourth-order valence-electron chi connectivity index (χ4n) is 2.67. The van der Waals surface area contributed by atoms with Gasteiger partial charge in [0.15, 0.2) is 0 Å². The Morgan fingerprint density at radius 3 is 2.81 bits per heavy atom. The van der Waals surface area contributed by atoms with E-state index in [0.29, 0.717) is 13.0 Å². The molecule has 8 heteroatoms. The largest absolute Gasteiger partial charge is 0.481 e. The summed E-state index contributed by atoms with van der Waals surface area (Å²) < 4.78 is 5.13. The molecule has 8 nitrogen and oxygen atoms in total. The van der Waals surface area contributed by atoms with Gasteiger partial charge in [-0.05, 0) is 18.9 Å². The first-order valence-electron chi connectivity index (χ1n) is 6.72. The van der Waals surface area contributed by atoms with Crippen LogP contribution in [0, 0.1) is 16.0 Å². The number of carbonyl (C=O) groups excluding carboxylic acids is 1. The van der Waals surface area contributed by atoms with Crippen LogP contribution in [0.3, 0.4) is 0 Å². The second kappa shape index (κ2) is 5.94. The van der Waals surface area contributed by atoms with Crippen LogP contribution in [-0.4, -0.2) is 33.4 Å². The zero-order chi connectivity index (χ0) is 15.6. The molecule has 1 amide bonds. The fraction of sp³-hybridized carbons (Fsp3) is 0.538. The number of amides is 1. The maximum atomic E-state index is 12.0. The number of hydrogen-bond donors (Lipinski definition) is 1. The number of piperidine rings is 1. The van der Waals surface area contributed by atoms with E-state index < -0.39 is 28.7 Å². The van der Waals surface area contributed by atoms with Crippen molar-refractivity contribution in [3.63, 3.8) is 0 Å². The van der Waals surface area contributed by atoms with Crippen LogP contribution in [0.2, 0.25) is 0 Å². The molecule has 2 rings (SSSR count). The molecule has 1 aromatic rings. The number of carbonyl (C=O) groups is 2. The third kappa shape index (κ3) is 2.88. The minimum Gasteiger partial charge on any atom is -0.481 e. The van der Waals surface area contributed by atoms with Gasteiger partial charge in [0.1, 0.15) is 16.7 Å². The second-order valence-electron chi connectivity index (χ2n) is 4.95. The van der Waals surface area contributed by atoms with Crippen LogP contribution in [0.25, 0.3) is 0 Å². The molecular formula is C13H16N2O6. The van der Waals surface area contributed by atoms with Gasteiger partial charge in [-0.25, -0.2) is 0 Å². The Labute approximate surface area is 120 Å². The molecule has 1 N–H and O–H groups in total. The molecule has 2 unspecified atom stereocenters. The molecule has 1 saturated heterocycles. The molecule has 1 aliphatic rings. The number of carboxylic acids is 1. The Morgan fingerprint density at radius 1 is 1.57 bits per heavy atom. The minimum absolute atomic E-state index is 0.149. The lowest BCUT2D eigenvalue weighted by molar-refractivity contribution is -0.402. The first-order chi connectivity index (χ1) is 9.95. The highest BCUT2D eigenvalue weighted by atomic mass is 16.6. The number of carboxylic acid groups (broad SMARTS) is 1. The molecule has 0 spiro atoms. The topological polar surface area (TPSA) is 114 Å². The average molecular weight is 296 g/mol. The van der Waals surface area contributed by atoms with Crippen molar-refractivity contribution < 1.29 is 24.0 Å². The Balaban J connectivity index is 2.40. The van der Waals surface area contributed by atoms with Crippen molar-refractivity contribution in [2.24, 2.45) is 5.92 Å². The van der Waals surface area contributed by atoms with E-state index in [2.05, 4.69) is 0 Å². The summed E-state index contributed by atoms with van der Waals surface area (Å²) in [4.78, 5) is 34.9.